The van der Waals surface area contributed by atoms with Gasteiger partial charge in [-0.15, -0.1) is 16.8 Å². The van der Waals surface area contributed by atoms with Crippen molar-refractivity contribution in [2.75, 3.05) is 5.75 Å². The number of benzene rings is 1. The van der Waals surface area contributed by atoms with Crippen LogP contribution in [-0.2, 0) is 13.1 Å². The number of thioether (sulfide) groups is 1. The van der Waals surface area contributed by atoms with Crippen molar-refractivity contribution in [3.8, 4) is 0 Å². The summed E-state index contributed by atoms with van der Waals surface area (Å²) in [5, 5.41) is 9.42. The molecular formula is C23H25FN4OS. The van der Waals surface area contributed by atoms with Crippen LogP contribution in [0.3, 0.4) is 0 Å². The molecule has 5 nitrogen and oxygen atoms in total. The predicted octanol–water partition coefficient (Wildman–Crippen LogP) is 4.92. The van der Waals surface area contributed by atoms with Crippen LogP contribution >= 0.6 is 11.8 Å². The number of hydrogen-bond acceptors (Lipinski definition) is 4. The lowest BCUT2D eigenvalue weighted by Gasteiger charge is -2.10. The first-order valence-corrected chi connectivity index (χ1v) is 11.1. The van der Waals surface area contributed by atoms with Gasteiger partial charge in [0.25, 0.3) is 0 Å². The largest absolute Gasteiger partial charge is 0.344 e. The van der Waals surface area contributed by atoms with E-state index in [4.69, 9.17) is 0 Å². The number of hydrogen-bond donors (Lipinski definition) is 0. The highest BCUT2D eigenvalue weighted by Gasteiger charge is 2.30. The lowest BCUT2D eigenvalue weighted by atomic mass is 10.2. The zero-order valence-corrected chi connectivity index (χ0v) is 18.1. The first-order valence-electron chi connectivity index (χ1n) is 10.1. The fourth-order valence-corrected chi connectivity index (χ4v) is 4.50. The molecular weight excluding hydrogens is 399 g/mol. The van der Waals surface area contributed by atoms with E-state index in [9.17, 15) is 9.18 Å². The normalized spacial score (nSPS) is 13.6. The Bertz CT molecular complexity index is 1080. The topological polar surface area (TPSA) is 52.7 Å². The molecule has 0 radical (unpaired) electrons. The summed E-state index contributed by atoms with van der Waals surface area (Å²) >= 11 is 1.43. The molecule has 7 heteroatoms. The van der Waals surface area contributed by atoms with E-state index in [0.29, 0.717) is 24.8 Å². The van der Waals surface area contributed by atoms with Gasteiger partial charge in [0.1, 0.15) is 11.6 Å². The molecule has 0 atom stereocenters. The van der Waals surface area contributed by atoms with E-state index in [0.717, 1.165) is 46.3 Å². The maximum absolute atomic E-state index is 13.2. The summed E-state index contributed by atoms with van der Waals surface area (Å²) in [4.78, 5) is 13.0. The minimum Gasteiger partial charge on any atom is -0.344 e. The van der Waals surface area contributed by atoms with Gasteiger partial charge in [-0.25, -0.2) is 4.39 Å². The van der Waals surface area contributed by atoms with Gasteiger partial charge in [0.05, 0.1) is 5.75 Å². The number of ketones is 1. The summed E-state index contributed by atoms with van der Waals surface area (Å²) < 4.78 is 17.3. The monoisotopic (exact) mass is 424 g/mol. The Morgan fingerprint density at radius 2 is 1.97 bits per heavy atom. The molecule has 0 aliphatic heterocycles. The van der Waals surface area contributed by atoms with Crippen molar-refractivity contribution in [3.05, 3.63) is 77.1 Å². The number of halogens is 1. The standard InChI is InChI=1S/C23H25FN4OS/c1-4-11-27-22(18-7-8-18)25-26-23(27)30-14-21(29)20-12-15(2)28(16(20)3)13-17-5-9-19(24)10-6-17/h4-6,9-10,12,18H,1,7-8,11,13-14H2,2-3H3. The first-order chi connectivity index (χ1) is 14.5. The number of carbonyl (C=O) groups excluding carboxylic acids is 1. The van der Waals surface area contributed by atoms with Gasteiger partial charge in [0, 0.05) is 36.0 Å². The van der Waals surface area contributed by atoms with Gasteiger partial charge in [-0.2, -0.15) is 0 Å². The van der Waals surface area contributed by atoms with E-state index >= 15 is 0 Å². The van der Waals surface area contributed by atoms with Crippen LogP contribution in [0.15, 0.2) is 48.1 Å². The predicted molar refractivity (Wildman–Crippen MR) is 117 cm³/mol. The molecule has 1 aliphatic carbocycles. The van der Waals surface area contributed by atoms with Gasteiger partial charge >= 0.3 is 0 Å². The molecule has 0 spiro atoms. The molecule has 0 saturated heterocycles. The van der Waals surface area contributed by atoms with Crippen LogP contribution in [0.4, 0.5) is 4.39 Å². The highest BCUT2D eigenvalue weighted by Crippen LogP contribution is 2.40. The van der Waals surface area contributed by atoms with Crippen molar-refractivity contribution in [3.63, 3.8) is 0 Å². The van der Waals surface area contributed by atoms with Crippen LogP contribution in [0.1, 0.15) is 51.9 Å². The molecule has 0 unspecified atom stereocenters. The summed E-state index contributed by atoms with van der Waals surface area (Å²) in [6, 6.07) is 8.40. The maximum atomic E-state index is 13.2. The molecule has 2 heterocycles. The Balaban J connectivity index is 1.48. The summed E-state index contributed by atoms with van der Waals surface area (Å²) in [7, 11) is 0. The van der Waals surface area contributed by atoms with Gasteiger partial charge in [-0.3, -0.25) is 4.79 Å². The average Bonchev–Trinajstić information content (AvgIpc) is 3.44. The third-order valence-electron chi connectivity index (χ3n) is 5.46. The van der Waals surface area contributed by atoms with Crippen molar-refractivity contribution < 1.29 is 9.18 Å². The number of carbonyl (C=O) groups is 1. The number of Topliss-reactive ketones (excluding diaryl/α,β-unsaturated/α-hetero) is 1. The number of aryl methyl sites for hydroxylation is 1. The zero-order valence-electron chi connectivity index (χ0n) is 17.3. The van der Waals surface area contributed by atoms with E-state index in [2.05, 4.69) is 25.9 Å². The van der Waals surface area contributed by atoms with Crippen LogP contribution in [0.5, 0.6) is 0 Å². The van der Waals surface area contributed by atoms with E-state index in [1.54, 1.807) is 12.1 Å². The Hall–Kier alpha value is -2.67. The molecule has 0 bridgehead atoms. The van der Waals surface area contributed by atoms with Gasteiger partial charge in [0.2, 0.25) is 0 Å². The van der Waals surface area contributed by atoms with Crippen molar-refractivity contribution in [1.29, 1.82) is 0 Å². The molecule has 4 rings (SSSR count). The fraction of sp³-hybridized carbons (Fsp3) is 0.348. The van der Waals surface area contributed by atoms with Crippen molar-refractivity contribution in [2.45, 2.75) is 50.9 Å². The third-order valence-corrected chi connectivity index (χ3v) is 6.43. The Morgan fingerprint density at radius 3 is 2.63 bits per heavy atom. The summed E-state index contributed by atoms with van der Waals surface area (Å²) in [6.07, 6.45) is 4.14. The Morgan fingerprint density at radius 1 is 1.23 bits per heavy atom. The molecule has 1 aliphatic rings. The first kappa shape index (κ1) is 20.6. The second-order valence-corrected chi connectivity index (χ2v) is 8.67. The molecule has 3 aromatic rings. The minimum atomic E-state index is -0.248. The SMILES string of the molecule is C=CCn1c(SCC(=O)c2cc(C)n(Cc3ccc(F)cc3)c2C)nnc1C1CC1. The van der Waals surface area contributed by atoms with E-state index in [-0.39, 0.29) is 11.6 Å². The van der Waals surface area contributed by atoms with E-state index in [1.165, 1.54) is 23.9 Å². The molecule has 2 aromatic heterocycles. The maximum Gasteiger partial charge on any atom is 0.191 e. The van der Waals surface area contributed by atoms with Gasteiger partial charge in [-0.1, -0.05) is 30.0 Å². The lowest BCUT2D eigenvalue weighted by molar-refractivity contribution is 0.102. The van der Waals surface area contributed by atoms with E-state index < -0.39 is 0 Å². The van der Waals surface area contributed by atoms with Crippen LogP contribution in [0.25, 0.3) is 0 Å². The molecule has 0 amide bonds. The Labute approximate surface area is 180 Å². The van der Waals surface area contributed by atoms with Gasteiger partial charge < -0.3 is 9.13 Å². The molecule has 156 valence electrons. The van der Waals surface area contributed by atoms with Crippen molar-refractivity contribution >= 4 is 17.5 Å². The zero-order chi connectivity index (χ0) is 21.3. The summed E-state index contributed by atoms with van der Waals surface area (Å²) in [6.45, 7) is 9.04. The molecule has 30 heavy (non-hydrogen) atoms. The Kier molecular flexibility index (Phi) is 5.90. The van der Waals surface area contributed by atoms with Crippen molar-refractivity contribution in [1.82, 2.24) is 19.3 Å². The van der Waals surface area contributed by atoms with Crippen LogP contribution < -0.4 is 0 Å². The smallest absolute Gasteiger partial charge is 0.191 e. The molecule has 0 N–H and O–H groups in total. The number of nitrogens with zero attached hydrogens (tertiary/aromatic N) is 4. The van der Waals surface area contributed by atoms with Gasteiger partial charge in [0.15, 0.2) is 10.9 Å². The van der Waals surface area contributed by atoms with Crippen LogP contribution in [0, 0.1) is 19.7 Å². The minimum absolute atomic E-state index is 0.0691. The molecule has 1 saturated carbocycles. The highest BCUT2D eigenvalue weighted by atomic mass is 32.2. The fourth-order valence-electron chi connectivity index (χ4n) is 3.66. The quantitative estimate of drug-likeness (QED) is 0.278. The summed E-state index contributed by atoms with van der Waals surface area (Å²) in [5.41, 5.74) is 3.65. The number of allylic oxidation sites excluding steroid dienone is 1. The second kappa shape index (κ2) is 8.60. The number of rotatable bonds is 9. The van der Waals surface area contributed by atoms with Crippen molar-refractivity contribution in [2.24, 2.45) is 0 Å². The third kappa shape index (κ3) is 4.26. The lowest BCUT2D eigenvalue weighted by Crippen LogP contribution is -2.09. The molecule has 1 fully saturated rings. The molecule has 1 aromatic carbocycles. The van der Waals surface area contributed by atoms with Gasteiger partial charge in [-0.05, 0) is 50.5 Å². The van der Waals surface area contributed by atoms with Crippen LogP contribution in [-0.4, -0.2) is 30.9 Å². The summed E-state index contributed by atoms with van der Waals surface area (Å²) in [5.74, 6) is 1.62. The average molecular weight is 425 g/mol. The number of aromatic nitrogens is 4. The highest BCUT2D eigenvalue weighted by molar-refractivity contribution is 7.99. The van der Waals surface area contributed by atoms with Crippen LogP contribution in [0.2, 0.25) is 0 Å². The second-order valence-electron chi connectivity index (χ2n) is 7.72. The van der Waals surface area contributed by atoms with E-state index in [1.807, 2.05) is 26.0 Å².